The number of hydrogen-bond acceptors (Lipinski definition) is 7. The van der Waals surface area contributed by atoms with Gasteiger partial charge < -0.3 is 20.5 Å². The van der Waals surface area contributed by atoms with Crippen molar-refractivity contribution >= 4 is 17.8 Å². The van der Waals surface area contributed by atoms with E-state index in [0.717, 1.165) is 24.2 Å². The fourth-order valence-corrected chi connectivity index (χ4v) is 5.43. The number of guanidine groups is 1. The second-order valence-corrected chi connectivity index (χ2v) is 10.8. The van der Waals surface area contributed by atoms with E-state index in [2.05, 4.69) is 10.3 Å². The number of pyridine rings is 1. The molecule has 3 N–H and O–H groups in total. The maximum Gasteiger partial charge on any atom is 0.253 e. The molecule has 2 amide bonds. The number of para-hydroxylation sites is 1. The minimum absolute atomic E-state index is 0.0850. The summed E-state index contributed by atoms with van der Waals surface area (Å²) in [5.41, 5.74) is 7.56. The number of methoxy groups -OCH3 is 1. The molecule has 2 aliphatic rings. The molecule has 0 saturated heterocycles. The topological polar surface area (TPSA) is 119 Å². The van der Waals surface area contributed by atoms with Crippen LogP contribution in [0.2, 0.25) is 0 Å². The van der Waals surface area contributed by atoms with Crippen molar-refractivity contribution in [2.75, 3.05) is 13.7 Å². The highest BCUT2D eigenvalue weighted by atomic mass is 16.5. The molecule has 0 saturated carbocycles. The van der Waals surface area contributed by atoms with Crippen molar-refractivity contribution in [3.05, 3.63) is 59.4 Å². The number of nitrogens with two attached hydrogens (primary N) is 1. The number of aromatic nitrogens is 1. The number of carbonyl (C=O) groups is 2. The minimum atomic E-state index is -0.475. The molecule has 0 fully saturated rings. The average Bonchev–Trinajstić information content (AvgIpc) is 2.89. The number of ether oxygens (including phenoxy) is 2. The smallest absolute Gasteiger partial charge is 0.253 e. The lowest BCUT2D eigenvalue weighted by Gasteiger charge is -2.40. The largest absolute Gasteiger partial charge is 0.487 e. The van der Waals surface area contributed by atoms with Crippen LogP contribution in [0.1, 0.15) is 93.4 Å². The van der Waals surface area contributed by atoms with Crippen molar-refractivity contribution < 1.29 is 19.1 Å². The molecule has 0 bridgehead atoms. The van der Waals surface area contributed by atoms with Crippen LogP contribution in [0.4, 0.5) is 0 Å². The molecule has 0 spiro atoms. The fourth-order valence-electron chi connectivity index (χ4n) is 5.43. The Kier molecular flexibility index (Phi) is 8.06. The van der Waals surface area contributed by atoms with Crippen LogP contribution >= 0.6 is 0 Å². The van der Waals surface area contributed by atoms with E-state index in [1.54, 1.807) is 24.3 Å². The van der Waals surface area contributed by atoms with E-state index in [4.69, 9.17) is 20.2 Å². The highest BCUT2D eigenvalue weighted by Crippen LogP contribution is 2.39. The van der Waals surface area contributed by atoms with Crippen LogP contribution in [0.15, 0.2) is 47.7 Å². The van der Waals surface area contributed by atoms with Crippen molar-refractivity contribution in [2.24, 2.45) is 10.7 Å². The Morgan fingerprint density at radius 1 is 1.26 bits per heavy atom. The number of nitrogens with zero attached hydrogens (tertiary/aromatic N) is 3. The molecule has 38 heavy (non-hydrogen) atoms. The van der Waals surface area contributed by atoms with Gasteiger partial charge in [-0.25, -0.2) is 4.99 Å². The normalized spacial score (nSPS) is 20.7. The number of benzene rings is 1. The van der Waals surface area contributed by atoms with E-state index >= 15 is 0 Å². The number of carbonyl (C=O) groups excluding carboxylic acids is 2. The van der Waals surface area contributed by atoms with Gasteiger partial charge in [-0.15, -0.1) is 0 Å². The molecule has 4 rings (SSSR count). The second kappa shape index (κ2) is 11.1. The SMILES string of the molecule is CCC1(CC)CC(=O)N([C@H](CCOC)c2cncc(C(=O)N[C@H]3CC(C)(C)Oc4ccccc43)c2)C(N)=N1. The summed E-state index contributed by atoms with van der Waals surface area (Å²) < 4.78 is 11.4. The van der Waals surface area contributed by atoms with Gasteiger partial charge in [0.1, 0.15) is 11.4 Å². The Labute approximate surface area is 224 Å². The molecular weight excluding hydrogens is 482 g/mol. The van der Waals surface area contributed by atoms with Gasteiger partial charge in [-0.05, 0) is 50.8 Å². The predicted octanol–water partition coefficient (Wildman–Crippen LogP) is 4.30. The zero-order valence-corrected chi connectivity index (χ0v) is 23.0. The van der Waals surface area contributed by atoms with Crippen LogP contribution in [0.3, 0.4) is 0 Å². The van der Waals surface area contributed by atoms with Crippen LogP contribution in [-0.4, -0.2) is 52.5 Å². The van der Waals surface area contributed by atoms with E-state index in [-0.39, 0.29) is 30.2 Å². The zero-order chi connectivity index (χ0) is 27.5. The number of nitrogens with one attached hydrogen (secondary N) is 1. The summed E-state index contributed by atoms with van der Waals surface area (Å²) in [4.78, 5) is 37.5. The third-order valence-electron chi connectivity index (χ3n) is 7.66. The quantitative estimate of drug-likeness (QED) is 0.508. The number of hydrogen-bond donors (Lipinski definition) is 2. The van der Waals surface area contributed by atoms with Crippen molar-refractivity contribution in [2.45, 2.75) is 83.0 Å². The summed E-state index contributed by atoms with van der Waals surface area (Å²) in [6.45, 7) is 8.47. The molecule has 2 aliphatic heterocycles. The molecule has 2 atom stereocenters. The first kappa shape index (κ1) is 27.6. The Morgan fingerprint density at radius 2 is 2.00 bits per heavy atom. The number of amides is 2. The minimum Gasteiger partial charge on any atom is -0.487 e. The van der Waals surface area contributed by atoms with Gasteiger partial charge in [0, 0.05) is 38.1 Å². The van der Waals surface area contributed by atoms with Gasteiger partial charge in [-0.1, -0.05) is 32.0 Å². The predicted molar refractivity (Wildman–Crippen MR) is 146 cm³/mol. The molecule has 1 aromatic carbocycles. The molecular formula is C29H39N5O4. The summed E-state index contributed by atoms with van der Waals surface area (Å²) in [7, 11) is 1.61. The molecule has 204 valence electrons. The molecule has 0 unspecified atom stereocenters. The van der Waals surface area contributed by atoms with Gasteiger partial charge in [0.25, 0.3) is 5.91 Å². The second-order valence-electron chi connectivity index (χ2n) is 10.8. The monoisotopic (exact) mass is 521 g/mol. The number of fused-ring (bicyclic) bond motifs is 1. The van der Waals surface area contributed by atoms with Crippen molar-refractivity contribution in [1.82, 2.24) is 15.2 Å². The first-order valence-electron chi connectivity index (χ1n) is 13.3. The van der Waals surface area contributed by atoms with Crippen LogP contribution in [0.5, 0.6) is 5.75 Å². The zero-order valence-electron chi connectivity index (χ0n) is 23.0. The van der Waals surface area contributed by atoms with E-state index in [0.29, 0.717) is 30.6 Å². The van der Waals surface area contributed by atoms with Crippen LogP contribution in [0.25, 0.3) is 0 Å². The fraction of sp³-hybridized carbons (Fsp3) is 0.517. The highest BCUT2D eigenvalue weighted by molar-refractivity contribution is 5.99. The summed E-state index contributed by atoms with van der Waals surface area (Å²) in [6, 6.07) is 8.87. The first-order chi connectivity index (χ1) is 18.1. The Balaban J connectivity index is 1.62. The van der Waals surface area contributed by atoms with Crippen molar-refractivity contribution in [1.29, 1.82) is 0 Å². The summed E-state index contributed by atoms with van der Waals surface area (Å²) >= 11 is 0. The van der Waals surface area contributed by atoms with Crippen molar-refractivity contribution in [3.63, 3.8) is 0 Å². The molecule has 9 heteroatoms. The molecule has 0 radical (unpaired) electrons. The van der Waals surface area contributed by atoms with Gasteiger partial charge in [0.2, 0.25) is 5.91 Å². The molecule has 1 aromatic heterocycles. The summed E-state index contributed by atoms with van der Waals surface area (Å²) in [5, 5.41) is 3.17. The van der Waals surface area contributed by atoms with Crippen molar-refractivity contribution in [3.8, 4) is 5.75 Å². The maximum atomic E-state index is 13.4. The average molecular weight is 522 g/mol. The van der Waals surface area contributed by atoms with E-state index in [1.165, 1.54) is 6.20 Å². The van der Waals surface area contributed by atoms with E-state index in [9.17, 15) is 9.59 Å². The maximum absolute atomic E-state index is 13.4. The highest BCUT2D eigenvalue weighted by Gasteiger charge is 2.40. The van der Waals surface area contributed by atoms with Gasteiger partial charge in [0.05, 0.1) is 29.6 Å². The lowest BCUT2D eigenvalue weighted by atomic mass is 9.87. The number of rotatable bonds is 9. The Bertz CT molecular complexity index is 1210. The van der Waals surface area contributed by atoms with Gasteiger partial charge >= 0.3 is 0 Å². The molecule has 3 heterocycles. The van der Waals surface area contributed by atoms with E-state index < -0.39 is 17.2 Å². The summed E-state index contributed by atoms with van der Waals surface area (Å²) in [6.07, 6.45) is 6.08. The Hall–Kier alpha value is -3.46. The Morgan fingerprint density at radius 3 is 2.68 bits per heavy atom. The standard InChI is InChI=1S/C29H39N5O4/c1-6-29(7-2)16-25(35)34(27(30)33-29)23(12-13-37-5)19-14-20(18-31-17-19)26(36)32-22-15-28(3,4)38-24-11-9-8-10-21(22)24/h8-11,14,17-18,22-23H,6-7,12-13,15-16H2,1-5H3,(H2,30,33)(H,32,36)/t22-,23+/m0/s1. The summed E-state index contributed by atoms with van der Waals surface area (Å²) in [5.74, 6) is 0.638. The third kappa shape index (κ3) is 5.67. The van der Waals surface area contributed by atoms with E-state index in [1.807, 2.05) is 52.0 Å². The van der Waals surface area contributed by atoms with Crippen LogP contribution < -0.4 is 15.8 Å². The first-order valence-corrected chi connectivity index (χ1v) is 13.3. The molecule has 2 aromatic rings. The van der Waals surface area contributed by atoms with Gasteiger partial charge in [-0.2, -0.15) is 0 Å². The van der Waals surface area contributed by atoms with Crippen LogP contribution in [-0.2, 0) is 9.53 Å². The molecule has 0 aliphatic carbocycles. The van der Waals surface area contributed by atoms with Crippen LogP contribution in [0, 0.1) is 0 Å². The number of aliphatic imine (C=N–C) groups is 1. The third-order valence-corrected chi connectivity index (χ3v) is 7.66. The molecule has 9 nitrogen and oxygen atoms in total. The van der Waals surface area contributed by atoms with Gasteiger partial charge in [-0.3, -0.25) is 19.5 Å². The lowest BCUT2D eigenvalue weighted by Crippen LogP contribution is -2.52. The lowest BCUT2D eigenvalue weighted by molar-refractivity contribution is -0.131. The van der Waals surface area contributed by atoms with Gasteiger partial charge in [0.15, 0.2) is 5.96 Å².